The lowest BCUT2D eigenvalue weighted by Crippen LogP contribution is -2.60. The standard InChI is InChI=1S/C35H41B2N11O3/c1-45(2)34(51)25-8-5-9-28(43-25)35(36,37)47-16-21(17-47)48-27-18-46(3)31-22(23(27)15-40-48)6-4-7-24(31)42-26(30(39)33(50)41-20-12-13-20)14-29(38)44-32(49)19-10-11-19/h4-9,14-15,19-21,42H,10-13,16-18,38-39H2,1-3H3,(H,41,50)(H,44,49)/b29-14+,30-26+. The normalized spacial score (nSPS) is 18.2. The number of fused-ring (bicyclic) bond motifs is 3. The SMILES string of the molecule is [B]C([B])(c1cccc(C(=O)N(C)C)n1)N1CC(n2ncc3c2CN(C)c2c(NC(/C=C(\N)NC(=O)C4CC4)=C(/N)C(=O)NC4CC4)cccc2-3)C1. The maximum absolute atomic E-state index is 13.0. The summed E-state index contributed by atoms with van der Waals surface area (Å²) in [6, 6.07) is 11.1. The largest absolute Gasteiger partial charge is 0.393 e. The van der Waals surface area contributed by atoms with Gasteiger partial charge in [0.25, 0.3) is 11.8 Å². The van der Waals surface area contributed by atoms with Gasteiger partial charge in [-0.25, -0.2) is 4.98 Å². The van der Waals surface area contributed by atoms with Crippen LogP contribution in [0.5, 0.6) is 0 Å². The Morgan fingerprint density at radius 1 is 1.02 bits per heavy atom. The third-order valence-electron chi connectivity index (χ3n) is 9.74. The van der Waals surface area contributed by atoms with Gasteiger partial charge in [-0.1, -0.05) is 18.2 Å². The van der Waals surface area contributed by atoms with Crippen molar-refractivity contribution in [3.63, 3.8) is 0 Å². The Balaban J connectivity index is 1.12. The first-order chi connectivity index (χ1) is 24.3. The monoisotopic (exact) mass is 685 g/mol. The molecule has 4 radical (unpaired) electrons. The highest BCUT2D eigenvalue weighted by Gasteiger charge is 2.41. The second-order valence-corrected chi connectivity index (χ2v) is 14.1. The molecule has 14 nitrogen and oxygen atoms in total. The van der Waals surface area contributed by atoms with Crippen LogP contribution in [0.1, 0.15) is 53.6 Å². The Labute approximate surface area is 299 Å². The summed E-state index contributed by atoms with van der Waals surface area (Å²) in [6.45, 7) is 1.62. The number of anilines is 2. The molecular weight excluding hydrogens is 644 g/mol. The van der Waals surface area contributed by atoms with Gasteiger partial charge < -0.3 is 42.1 Å². The number of aromatic nitrogens is 3. The van der Waals surface area contributed by atoms with Crippen molar-refractivity contribution in [1.82, 2.24) is 35.2 Å². The van der Waals surface area contributed by atoms with E-state index < -0.39 is 11.2 Å². The summed E-state index contributed by atoms with van der Waals surface area (Å²) < 4.78 is 2.03. The van der Waals surface area contributed by atoms with E-state index in [-0.39, 0.29) is 52.7 Å². The molecule has 0 spiro atoms. The molecule has 2 aliphatic carbocycles. The first kappa shape index (κ1) is 34.2. The van der Waals surface area contributed by atoms with Crippen LogP contribution in [-0.4, -0.2) is 98.3 Å². The van der Waals surface area contributed by atoms with E-state index in [1.807, 2.05) is 41.0 Å². The third kappa shape index (κ3) is 6.79. The van der Waals surface area contributed by atoms with Crippen molar-refractivity contribution in [2.75, 3.05) is 44.4 Å². The van der Waals surface area contributed by atoms with Gasteiger partial charge in [-0.3, -0.25) is 19.1 Å². The van der Waals surface area contributed by atoms with E-state index in [0.29, 0.717) is 31.0 Å². The summed E-state index contributed by atoms with van der Waals surface area (Å²) in [4.78, 5) is 47.9. The summed E-state index contributed by atoms with van der Waals surface area (Å²) in [6.07, 6.45) is 6.85. The number of benzene rings is 1. The van der Waals surface area contributed by atoms with Gasteiger partial charge >= 0.3 is 0 Å². The maximum atomic E-state index is 13.0. The van der Waals surface area contributed by atoms with E-state index in [4.69, 9.17) is 32.3 Å². The van der Waals surface area contributed by atoms with Gasteiger partial charge in [0, 0.05) is 69.1 Å². The smallest absolute Gasteiger partial charge is 0.271 e. The lowest BCUT2D eigenvalue weighted by atomic mass is 9.57. The average Bonchev–Trinajstić information content (AvgIpc) is 4.02. The van der Waals surface area contributed by atoms with Crippen molar-refractivity contribution < 1.29 is 14.4 Å². The van der Waals surface area contributed by atoms with Gasteiger partial charge in [-0.05, 0) is 49.2 Å². The number of amides is 3. The molecule has 16 heteroatoms. The Bertz CT molecular complexity index is 1960. The predicted octanol–water partition coefficient (Wildman–Crippen LogP) is 0.788. The quantitative estimate of drug-likeness (QED) is 0.110. The molecule has 3 aromatic rings. The second-order valence-electron chi connectivity index (χ2n) is 14.1. The van der Waals surface area contributed by atoms with Crippen LogP contribution in [0.3, 0.4) is 0 Å². The molecule has 3 amide bonds. The first-order valence-corrected chi connectivity index (χ1v) is 17.1. The molecule has 7 N–H and O–H groups in total. The van der Waals surface area contributed by atoms with Crippen LogP contribution in [0.4, 0.5) is 11.4 Å². The van der Waals surface area contributed by atoms with E-state index in [1.54, 1.807) is 32.3 Å². The number of hydrogen-bond acceptors (Lipinski definition) is 10. The summed E-state index contributed by atoms with van der Waals surface area (Å²) in [5.41, 5.74) is 18.1. The zero-order valence-corrected chi connectivity index (χ0v) is 29.0. The molecule has 0 bridgehead atoms. The van der Waals surface area contributed by atoms with Crippen LogP contribution in [-0.2, 0) is 21.5 Å². The van der Waals surface area contributed by atoms with Crippen LogP contribution in [0.15, 0.2) is 65.9 Å². The Morgan fingerprint density at radius 3 is 2.43 bits per heavy atom. The van der Waals surface area contributed by atoms with Crippen molar-refractivity contribution in [1.29, 1.82) is 0 Å². The van der Waals surface area contributed by atoms with Crippen molar-refractivity contribution in [3.8, 4) is 11.1 Å². The van der Waals surface area contributed by atoms with Crippen molar-refractivity contribution >= 4 is 44.8 Å². The van der Waals surface area contributed by atoms with Gasteiger partial charge in [0.05, 0.1) is 57.2 Å². The molecule has 0 unspecified atom stereocenters. The molecule has 7 rings (SSSR count). The van der Waals surface area contributed by atoms with E-state index in [1.165, 1.54) is 11.0 Å². The maximum Gasteiger partial charge on any atom is 0.271 e. The highest BCUT2D eigenvalue weighted by molar-refractivity contribution is 6.39. The summed E-state index contributed by atoms with van der Waals surface area (Å²) in [5.74, 6) is -0.724. The summed E-state index contributed by atoms with van der Waals surface area (Å²) in [7, 11) is 18.6. The molecular formula is C35H41B2N11O3. The van der Waals surface area contributed by atoms with Gasteiger partial charge in [-0.2, -0.15) is 5.10 Å². The molecule has 0 atom stereocenters. The Kier molecular flexibility index (Phi) is 8.82. The zero-order chi connectivity index (χ0) is 36.2. The Morgan fingerprint density at radius 2 is 1.75 bits per heavy atom. The van der Waals surface area contributed by atoms with Gasteiger partial charge in [0.15, 0.2) is 0 Å². The minimum atomic E-state index is -1.38. The lowest BCUT2D eigenvalue weighted by Gasteiger charge is -2.50. The van der Waals surface area contributed by atoms with Crippen LogP contribution < -0.4 is 32.3 Å². The van der Waals surface area contributed by atoms with Crippen LogP contribution in [0, 0.1) is 5.92 Å². The number of nitrogens with two attached hydrogens (primary N) is 2. The first-order valence-electron chi connectivity index (χ1n) is 17.1. The molecule has 4 heterocycles. The minimum Gasteiger partial charge on any atom is -0.393 e. The topological polar surface area (TPSA) is 180 Å². The number of para-hydroxylation sites is 1. The van der Waals surface area contributed by atoms with Crippen LogP contribution in [0.25, 0.3) is 11.1 Å². The minimum absolute atomic E-state index is 0.0151. The van der Waals surface area contributed by atoms with Gasteiger partial charge in [0.1, 0.15) is 17.2 Å². The molecule has 2 aromatic heterocycles. The predicted molar refractivity (Wildman–Crippen MR) is 195 cm³/mol. The van der Waals surface area contributed by atoms with Gasteiger partial charge in [-0.15, -0.1) is 0 Å². The molecule has 4 aliphatic rings. The average molecular weight is 685 g/mol. The second kappa shape index (κ2) is 13.1. The van der Waals surface area contributed by atoms with E-state index >= 15 is 0 Å². The molecule has 2 saturated carbocycles. The zero-order valence-electron chi connectivity index (χ0n) is 29.0. The van der Waals surface area contributed by atoms with Crippen molar-refractivity contribution in [3.05, 3.63) is 83.0 Å². The number of hydrogen-bond donors (Lipinski definition) is 5. The number of likely N-dealkylation sites (tertiary alicyclic amines) is 1. The van der Waals surface area contributed by atoms with Crippen LogP contribution in [0.2, 0.25) is 0 Å². The number of rotatable bonds is 11. The van der Waals surface area contributed by atoms with E-state index in [0.717, 1.165) is 48.2 Å². The number of allylic oxidation sites excluding steroid dienone is 1. The molecule has 51 heavy (non-hydrogen) atoms. The summed E-state index contributed by atoms with van der Waals surface area (Å²) >= 11 is 0. The number of nitrogens with zero attached hydrogens (tertiary/aromatic N) is 6. The highest BCUT2D eigenvalue weighted by atomic mass is 16.2. The van der Waals surface area contributed by atoms with E-state index in [2.05, 4.69) is 25.8 Å². The van der Waals surface area contributed by atoms with Crippen LogP contribution >= 0.6 is 0 Å². The number of pyridine rings is 1. The molecule has 1 aromatic carbocycles. The fourth-order valence-corrected chi connectivity index (χ4v) is 6.46. The molecule has 1 saturated heterocycles. The third-order valence-corrected chi connectivity index (χ3v) is 9.74. The summed E-state index contributed by atoms with van der Waals surface area (Å²) in [5, 5.41) is 12.4. The molecule has 2 aliphatic heterocycles. The van der Waals surface area contributed by atoms with E-state index in [9.17, 15) is 14.4 Å². The molecule has 260 valence electrons. The van der Waals surface area contributed by atoms with Crippen molar-refractivity contribution in [2.45, 2.75) is 49.6 Å². The fourth-order valence-electron chi connectivity index (χ4n) is 6.46. The number of nitrogens with one attached hydrogen (secondary N) is 3. The lowest BCUT2D eigenvalue weighted by molar-refractivity contribution is -0.121. The Hall–Kier alpha value is -5.24. The highest BCUT2D eigenvalue weighted by Crippen LogP contribution is 2.45. The fraction of sp³-hybridized carbons (Fsp3) is 0.400. The van der Waals surface area contributed by atoms with Crippen molar-refractivity contribution in [2.24, 2.45) is 17.4 Å². The number of carbonyl (C=O) groups excluding carboxylic acids is 3. The van der Waals surface area contributed by atoms with Gasteiger partial charge in [0.2, 0.25) is 5.91 Å². The number of carbonyl (C=O) groups is 3. The molecule has 3 fully saturated rings.